The van der Waals surface area contributed by atoms with E-state index >= 15 is 0 Å². The second kappa shape index (κ2) is 11.0. The summed E-state index contributed by atoms with van der Waals surface area (Å²) in [5.74, 6) is -0.555. The van der Waals surface area contributed by atoms with E-state index in [-0.39, 0.29) is 47.9 Å². The molecular formula is C27H39N5O4. The lowest BCUT2D eigenvalue weighted by Crippen LogP contribution is -2.53. The van der Waals surface area contributed by atoms with Crippen molar-refractivity contribution >= 4 is 29.2 Å². The Morgan fingerprint density at radius 1 is 1.11 bits per heavy atom. The molecule has 2 N–H and O–H groups in total. The molecule has 36 heavy (non-hydrogen) atoms. The van der Waals surface area contributed by atoms with Crippen LogP contribution in [0.5, 0.6) is 0 Å². The summed E-state index contributed by atoms with van der Waals surface area (Å²) in [6.07, 6.45) is 2.83. The van der Waals surface area contributed by atoms with E-state index in [1.807, 2.05) is 45.0 Å². The highest BCUT2D eigenvalue weighted by atomic mass is 16.2. The average molecular weight is 498 g/mol. The fraction of sp³-hybridized carbons (Fsp3) is 0.630. The van der Waals surface area contributed by atoms with Crippen LogP contribution >= 0.6 is 0 Å². The fourth-order valence-corrected chi connectivity index (χ4v) is 5.70. The molecule has 0 radical (unpaired) electrons. The summed E-state index contributed by atoms with van der Waals surface area (Å²) >= 11 is 0. The van der Waals surface area contributed by atoms with Crippen molar-refractivity contribution < 1.29 is 19.2 Å². The quantitative estimate of drug-likeness (QED) is 0.589. The van der Waals surface area contributed by atoms with E-state index in [0.29, 0.717) is 31.5 Å². The summed E-state index contributed by atoms with van der Waals surface area (Å²) in [6, 6.07) is 5.60. The lowest BCUT2D eigenvalue weighted by Gasteiger charge is -2.30. The third kappa shape index (κ3) is 5.40. The Labute approximate surface area is 213 Å². The van der Waals surface area contributed by atoms with E-state index in [4.69, 9.17) is 0 Å². The van der Waals surface area contributed by atoms with Gasteiger partial charge in [0.05, 0.1) is 18.5 Å². The van der Waals surface area contributed by atoms with Crippen LogP contribution in [-0.4, -0.2) is 91.7 Å². The lowest BCUT2D eigenvalue weighted by molar-refractivity contribution is -0.138. The highest BCUT2D eigenvalue weighted by molar-refractivity contribution is 6.01. The number of Topliss-reactive ketones (excluding diaryl/α,β-unsaturated/α-hetero) is 1. The van der Waals surface area contributed by atoms with Gasteiger partial charge in [0.25, 0.3) is 5.91 Å². The van der Waals surface area contributed by atoms with Crippen LogP contribution in [-0.2, 0) is 14.4 Å². The molecule has 4 rings (SSSR count). The maximum Gasteiger partial charge on any atom is 0.251 e. The maximum absolute atomic E-state index is 13.7. The summed E-state index contributed by atoms with van der Waals surface area (Å²) < 4.78 is 0. The Bertz CT molecular complexity index is 986. The molecule has 0 aromatic heterocycles. The molecule has 3 amide bonds. The van der Waals surface area contributed by atoms with Gasteiger partial charge in [0.15, 0.2) is 5.78 Å². The summed E-state index contributed by atoms with van der Waals surface area (Å²) in [5, 5.41) is 6.20. The first kappa shape index (κ1) is 26.1. The molecule has 0 saturated carbocycles. The van der Waals surface area contributed by atoms with Crippen LogP contribution in [0, 0.1) is 11.8 Å². The number of carbonyl (C=O) groups excluding carboxylic acids is 4. The minimum absolute atomic E-state index is 0.0190. The number of amides is 3. The number of nitrogens with one attached hydrogen (secondary N) is 2. The van der Waals surface area contributed by atoms with Gasteiger partial charge < -0.3 is 25.3 Å². The first-order chi connectivity index (χ1) is 17.2. The normalized spacial score (nSPS) is 24.6. The average Bonchev–Trinajstić information content (AvgIpc) is 3.44. The van der Waals surface area contributed by atoms with E-state index in [1.54, 1.807) is 21.9 Å². The number of hydrogen-bond donors (Lipinski definition) is 2. The third-order valence-electron chi connectivity index (χ3n) is 7.59. The Morgan fingerprint density at radius 2 is 1.83 bits per heavy atom. The smallest absolute Gasteiger partial charge is 0.251 e. The molecule has 196 valence electrons. The van der Waals surface area contributed by atoms with Gasteiger partial charge in [0.2, 0.25) is 11.8 Å². The van der Waals surface area contributed by atoms with E-state index < -0.39 is 12.1 Å². The molecule has 3 saturated heterocycles. The van der Waals surface area contributed by atoms with Crippen molar-refractivity contribution in [2.45, 2.75) is 57.7 Å². The number of anilines is 1. The van der Waals surface area contributed by atoms with Crippen LogP contribution in [0.15, 0.2) is 24.3 Å². The van der Waals surface area contributed by atoms with E-state index in [2.05, 4.69) is 10.6 Å². The minimum atomic E-state index is -0.732. The van der Waals surface area contributed by atoms with Crippen LogP contribution < -0.4 is 15.5 Å². The molecule has 3 aliphatic heterocycles. The summed E-state index contributed by atoms with van der Waals surface area (Å²) in [4.78, 5) is 58.2. The van der Waals surface area contributed by atoms with Gasteiger partial charge in [-0.3, -0.25) is 19.2 Å². The van der Waals surface area contributed by atoms with Crippen molar-refractivity contribution in [2.24, 2.45) is 11.8 Å². The Balaban J connectivity index is 1.46. The van der Waals surface area contributed by atoms with Crippen LogP contribution in [0.3, 0.4) is 0 Å². The molecule has 0 aliphatic carbocycles. The number of rotatable bonds is 7. The summed E-state index contributed by atoms with van der Waals surface area (Å²) in [5.41, 5.74) is 1.46. The largest absolute Gasteiger partial charge is 0.378 e. The number of likely N-dealkylation sites (tertiary alicyclic amines) is 2. The van der Waals surface area contributed by atoms with Crippen molar-refractivity contribution in [3.8, 4) is 0 Å². The monoisotopic (exact) mass is 497 g/mol. The molecule has 0 spiro atoms. The van der Waals surface area contributed by atoms with Crippen LogP contribution in [0.1, 0.15) is 49.9 Å². The first-order valence-corrected chi connectivity index (χ1v) is 13.1. The van der Waals surface area contributed by atoms with Gasteiger partial charge in [-0.1, -0.05) is 13.8 Å². The highest BCUT2D eigenvalue weighted by Gasteiger charge is 2.52. The van der Waals surface area contributed by atoms with E-state index in [9.17, 15) is 19.2 Å². The number of hydrogen-bond acceptors (Lipinski definition) is 6. The van der Waals surface area contributed by atoms with Gasteiger partial charge in [0.1, 0.15) is 12.1 Å². The van der Waals surface area contributed by atoms with E-state index in [0.717, 1.165) is 25.1 Å². The molecule has 9 nitrogen and oxygen atoms in total. The number of fused-ring (bicyclic) bond motifs is 1. The Hall–Kier alpha value is -2.94. The molecule has 9 heteroatoms. The van der Waals surface area contributed by atoms with Crippen LogP contribution in [0.4, 0.5) is 5.69 Å². The summed E-state index contributed by atoms with van der Waals surface area (Å²) in [7, 11) is 3.86. The lowest BCUT2D eigenvalue weighted by atomic mass is 9.97. The van der Waals surface area contributed by atoms with Gasteiger partial charge in [-0.2, -0.15) is 0 Å². The number of nitrogens with zero attached hydrogens (tertiary/aromatic N) is 3. The number of benzene rings is 1. The topological polar surface area (TPSA) is 102 Å². The predicted octanol–water partition coefficient (Wildman–Crippen LogP) is 1.28. The van der Waals surface area contributed by atoms with Gasteiger partial charge in [-0.05, 0) is 62.4 Å². The van der Waals surface area contributed by atoms with Crippen molar-refractivity contribution in [3.63, 3.8) is 0 Å². The zero-order valence-electron chi connectivity index (χ0n) is 21.8. The molecule has 0 bridgehead atoms. The number of piperidine rings is 1. The maximum atomic E-state index is 13.7. The van der Waals surface area contributed by atoms with Crippen molar-refractivity contribution in [2.75, 3.05) is 45.2 Å². The third-order valence-corrected chi connectivity index (χ3v) is 7.59. The van der Waals surface area contributed by atoms with E-state index in [1.165, 1.54) is 0 Å². The zero-order valence-corrected chi connectivity index (χ0v) is 21.8. The number of carbonyl (C=O) groups is 4. The standard InChI is InChI=1S/C27H39N5O4/c1-17(2)14-21(29-25(34)18-7-9-20(10-8-18)30(3)4)27(36)31-13-11-22-24(31)23(33)16-32(22)26(35)19-6-5-12-28-15-19/h7-10,17,19,21-22,24,28H,5-6,11-16H2,1-4H3,(H,29,34)/t19?,21-,22?,24-/m0/s1. The van der Waals surface area contributed by atoms with Gasteiger partial charge in [-0.25, -0.2) is 0 Å². The molecule has 2 unspecified atom stereocenters. The summed E-state index contributed by atoms with van der Waals surface area (Å²) in [6.45, 7) is 6.04. The van der Waals surface area contributed by atoms with Crippen molar-refractivity contribution in [3.05, 3.63) is 29.8 Å². The van der Waals surface area contributed by atoms with Crippen molar-refractivity contribution in [1.29, 1.82) is 0 Å². The first-order valence-electron chi connectivity index (χ1n) is 13.1. The Morgan fingerprint density at radius 3 is 2.44 bits per heavy atom. The van der Waals surface area contributed by atoms with Gasteiger partial charge in [-0.15, -0.1) is 0 Å². The number of ketones is 1. The molecular weight excluding hydrogens is 458 g/mol. The molecule has 1 aromatic rings. The van der Waals surface area contributed by atoms with Crippen LogP contribution in [0.25, 0.3) is 0 Å². The molecule has 3 fully saturated rings. The zero-order chi connectivity index (χ0) is 26.0. The van der Waals surface area contributed by atoms with Gasteiger partial charge in [0, 0.05) is 38.4 Å². The SMILES string of the molecule is CC(C)C[C@H](NC(=O)c1ccc(N(C)C)cc1)C(=O)N1CCC2[C@H]1C(=O)CN2C(=O)C1CCCNC1. The molecule has 3 aliphatic rings. The second-order valence-corrected chi connectivity index (χ2v) is 10.9. The molecule has 1 aromatic carbocycles. The predicted molar refractivity (Wildman–Crippen MR) is 138 cm³/mol. The highest BCUT2D eigenvalue weighted by Crippen LogP contribution is 2.32. The van der Waals surface area contributed by atoms with Crippen LogP contribution in [0.2, 0.25) is 0 Å². The van der Waals surface area contributed by atoms with Crippen molar-refractivity contribution in [1.82, 2.24) is 20.4 Å². The Kier molecular flexibility index (Phi) is 7.97. The minimum Gasteiger partial charge on any atom is -0.378 e. The molecule has 4 atom stereocenters. The second-order valence-electron chi connectivity index (χ2n) is 10.9. The fourth-order valence-electron chi connectivity index (χ4n) is 5.70. The van der Waals surface area contributed by atoms with Gasteiger partial charge >= 0.3 is 0 Å². The molecule has 3 heterocycles.